The Morgan fingerprint density at radius 2 is 2.17 bits per heavy atom. The van der Waals surface area contributed by atoms with E-state index in [9.17, 15) is 4.79 Å². The number of thiophene rings is 1. The van der Waals surface area contributed by atoms with Crippen LogP contribution < -0.4 is 5.73 Å². The first kappa shape index (κ1) is 11.3. The van der Waals surface area contributed by atoms with Crippen LogP contribution in [0.15, 0.2) is 36.4 Å². The minimum absolute atomic E-state index is 0.124. The summed E-state index contributed by atoms with van der Waals surface area (Å²) >= 11 is 1.54. The van der Waals surface area contributed by atoms with Crippen LogP contribution in [-0.4, -0.2) is 23.9 Å². The quantitative estimate of drug-likeness (QED) is 0.631. The molecule has 0 bridgehead atoms. The molecule has 0 spiro atoms. The molecule has 3 rings (SSSR count). The second kappa shape index (κ2) is 4.46. The van der Waals surface area contributed by atoms with Crippen LogP contribution >= 0.6 is 11.3 Å². The van der Waals surface area contributed by atoms with Gasteiger partial charge in [-0.15, -0.1) is 11.3 Å². The molecule has 2 heterocycles. The molecule has 0 aliphatic carbocycles. The molecule has 2 aromatic rings. The average molecular weight is 258 g/mol. The van der Waals surface area contributed by atoms with Crippen LogP contribution in [0.2, 0.25) is 0 Å². The van der Waals surface area contributed by atoms with Gasteiger partial charge in [-0.2, -0.15) is 0 Å². The van der Waals surface area contributed by atoms with E-state index in [1.165, 1.54) is 11.3 Å². The third-order valence-corrected chi connectivity index (χ3v) is 4.20. The van der Waals surface area contributed by atoms with Crippen molar-refractivity contribution in [3.8, 4) is 0 Å². The summed E-state index contributed by atoms with van der Waals surface area (Å²) in [4.78, 5) is 15.0. The highest BCUT2D eigenvalue weighted by molar-refractivity contribution is 7.20. The van der Waals surface area contributed by atoms with Gasteiger partial charge < -0.3 is 10.6 Å². The highest BCUT2D eigenvalue weighted by Gasteiger charge is 2.18. The largest absolute Gasteiger partial charge is 0.399 e. The molecule has 3 nitrogen and oxygen atoms in total. The van der Waals surface area contributed by atoms with Crippen LogP contribution in [-0.2, 0) is 0 Å². The van der Waals surface area contributed by atoms with Crippen LogP contribution in [0.25, 0.3) is 10.1 Å². The van der Waals surface area contributed by atoms with Gasteiger partial charge in [0.1, 0.15) is 0 Å². The molecule has 18 heavy (non-hydrogen) atoms. The first-order valence-electron chi connectivity index (χ1n) is 5.97. The monoisotopic (exact) mass is 258 g/mol. The van der Waals surface area contributed by atoms with Crippen molar-refractivity contribution in [1.29, 1.82) is 0 Å². The van der Waals surface area contributed by atoms with E-state index in [2.05, 4.69) is 6.08 Å². The third kappa shape index (κ3) is 1.99. The SMILES string of the molecule is Nc1ccc2sc(C(=O)N3CC=CCC3)cc2c1. The van der Waals surface area contributed by atoms with Crippen LogP contribution in [0.1, 0.15) is 16.1 Å². The second-order valence-corrected chi connectivity index (χ2v) is 5.50. The number of benzene rings is 1. The lowest BCUT2D eigenvalue weighted by Gasteiger charge is -2.22. The number of rotatable bonds is 1. The molecule has 0 unspecified atom stereocenters. The summed E-state index contributed by atoms with van der Waals surface area (Å²) in [5.74, 6) is 0.124. The number of nitrogen functional groups attached to an aromatic ring is 1. The molecule has 0 atom stereocenters. The highest BCUT2D eigenvalue weighted by Crippen LogP contribution is 2.28. The summed E-state index contributed by atoms with van der Waals surface area (Å²) in [5.41, 5.74) is 6.49. The van der Waals surface area contributed by atoms with E-state index < -0.39 is 0 Å². The van der Waals surface area contributed by atoms with Gasteiger partial charge in [0.05, 0.1) is 4.88 Å². The molecular formula is C14H14N2OS. The number of nitrogens with two attached hydrogens (primary N) is 1. The predicted molar refractivity (Wildman–Crippen MR) is 75.9 cm³/mol. The Balaban J connectivity index is 1.94. The fourth-order valence-electron chi connectivity index (χ4n) is 2.15. The van der Waals surface area contributed by atoms with Gasteiger partial charge in [0.25, 0.3) is 5.91 Å². The van der Waals surface area contributed by atoms with Crippen LogP contribution in [0, 0.1) is 0 Å². The summed E-state index contributed by atoms with van der Waals surface area (Å²) in [6.07, 6.45) is 5.12. The summed E-state index contributed by atoms with van der Waals surface area (Å²) in [6.45, 7) is 1.53. The number of amides is 1. The fourth-order valence-corrected chi connectivity index (χ4v) is 3.16. The fraction of sp³-hybridized carbons (Fsp3) is 0.214. The van der Waals surface area contributed by atoms with E-state index in [4.69, 9.17) is 5.73 Å². The van der Waals surface area contributed by atoms with Crippen molar-refractivity contribution in [3.05, 3.63) is 41.3 Å². The van der Waals surface area contributed by atoms with Gasteiger partial charge in [-0.25, -0.2) is 0 Å². The number of fused-ring (bicyclic) bond motifs is 1. The Bertz CT molecular complexity index is 630. The van der Waals surface area contributed by atoms with E-state index in [0.29, 0.717) is 0 Å². The molecule has 1 aliphatic heterocycles. The standard InChI is InChI=1S/C14H14N2OS/c15-11-4-5-12-10(8-11)9-13(18-12)14(17)16-6-2-1-3-7-16/h1-2,4-5,8-9H,3,6-7,15H2. The molecule has 4 heteroatoms. The van der Waals surface area contributed by atoms with Gasteiger partial charge in [-0.1, -0.05) is 12.2 Å². The lowest BCUT2D eigenvalue weighted by atomic mass is 10.2. The topological polar surface area (TPSA) is 46.3 Å². The van der Waals surface area contributed by atoms with E-state index >= 15 is 0 Å². The maximum absolute atomic E-state index is 12.3. The molecule has 2 N–H and O–H groups in total. The number of carbonyl (C=O) groups is 1. The van der Waals surface area contributed by atoms with Crippen molar-refractivity contribution in [2.45, 2.75) is 6.42 Å². The van der Waals surface area contributed by atoms with Crippen molar-refractivity contribution in [3.63, 3.8) is 0 Å². The molecule has 1 aliphatic rings. The molecular weight excluding hydrogens is 244 g/mol. The maximum Gasteiger partial charge on any atom is 0.264 e. The van der Waals surface area contributed by atoms with Crippen molar-refractivity contribution < 1.29 is 4.79 Å². The number of hydrogen-bond acceptors (Lipinski definition) is 3. The number of carbonyl (C=O) groups excluding carboxylic acids is 1. The zero-order valence-corrected chi connectivity index (χ0v) is 10.7. The zero-order valence-electron chi connectivity index (χ0n) is 9.93. The van der Waals surface area contributed by atoms with Crippen LogP contribution in [0.5, 0.6) is 0 Å². The van der Waals surface area contributed by atoms with Gasteiger partial charge in [0, 0.05) is 23.5 Å². The first-order chi connectivity index (χ1) is 8.74. The summed E-state index contributed by atoms with van der Waals surface area (Å²) in [5, 5.41) is 1.05. The molecule has 1 aromatic carbocycles. The molecule has 0 radical (unpaired) electrons. The molecule has 0 fully saturated rings. The third-order valence-electron chi connectivity index (χ3n) is 3.10. The Morgan fingerprint density at radius 3 is 2.94 bits per heavy atom. The summed E-state index contributed by atoms with van der Waals surface area (Å²) in [6, 6.07) is 7.70. The minimum Gasteiger partial charge on any atom is -0.399 e. The van der Waals surface area contributed by atoms with Crippen molar-refractivity contribution in [1.82, 2.24) is 4.90 Å². The van der Waals surface area contributed by atoms with Crippen molar-refractivity contribution in [2.75, 3.05) is 18.8 Å². The normalized spacial score (nSPS) is 15.2. The number of hydrogen-bond donors (Lipinski definition) is 1. The van der Waals surface area contributed by atoms with Gasteiger partial charge in [-0.05, 0) is 36.1 Å². The predicted octanol–water partition coefficient (Wildman–Crippen LogP) is 2.89. The zero-order chi connectivity index (χ0) is 12.5. The van der Waals surface area contributed by atoms with Crippen molar-refractivity contribution in [2.24, 2.45) is 0 Å². The number of anilines is 1. The second-order valence-electron chi connectivity index (χ2n) is 4.42. The van der Waals surface area contributed by atoms with Crippen LogP contribution in [0.4, 0.5) is 5.69 Å². The van der Waals surface area contributed by atoms with E-state index in [-0.39, 0.29) is 5.91 Å². The Kier molecular flexibility index (Phi) is 2.80. The van der Waals surface area contributed by atoms with Gasteiger partial charge in [0.15, 0.2) is 0 Å². The highest BCUT2D eigenvalue weighted by atomic mass is 32.1. The lowest BCUT2D eigenvalue weighted by Crippen LogP contribution is -2.33. The number of nitrogens with zero attached hydrogens (tertiary/aromatic N) is 1. The Morgan fingerprint density at radius 1 is 1.28 bits per heavy atom. The minimum atomic E-state index is 0.124. The molecule has 92 valence electrons. The molecule has 1 amide bonds. The van der Waals surface area contributed by atoms with E-state index in [1.54, 1.807) is 0 Å². The lowest BCUT2D eigenvalue weighted by molar-refractivity contribution is 0.0776. The van der Waals surface area contributed by atoms with Gasteiger partial charge >= 0.3 is 0 Å². The molecule has 0 saturated heterocycles. The van der Waals surface area contributed by atoms with E-state index in [1.807, 2.05) is 35.2 Å². The van der Waals surface area contributed by atoms with E-state index in [0.717, 1.165) is 40.2 Å². The molecule has 1 aromatic heterocycles. The van der Waals surface area contributed by atoms with Gasteiger partial charge in [0.2, 0.25) is 0 Å². The Hall–Kier alpha value is -1.81. The smallest absolute Gasteiger partial charge is 0.264 e. The Labute approximate surface area is 110 Å². The van der Waals surface area contributed by atoms with Gasteiger partial charge in [-0.3, -0.25) is 4.79 Å². The molecule has 0 saturated carbocycles. The summed E-state index contributed by atoms with van der Waals surface area (Å²) < 4.78 is 1.11. The van der Waals surface area contributed by atoms with Crippen molar-refractivity contribution >= 4 is 33.0 Å². The van der Waals surface area contributed by atoms with Crippen LogP contribution in [0.3, 0.4) is 0 Å². The summed E-state index contributed by atoms with van der Waals surface area (Å²) in [7, 11) is 0. The first-order valence-corrected chi connectivity index (χ1v) is 6.79. The maximum atomic E-state index is 12.3. The average Bonchev–Trinajstić information content (AvgIpc) is 2.81.